The van der Waals surface area contributed by atoms with Gasteiger partial charge in [-0.3, -0.25) is 4.79 Å². The molecule has 0 saturated carbocycles. The van der Waals surface area contributed by atoms with Crippen LogP contribution in [0.1, 0.15) is 17.3 Å². The molecule has 0 heterocycles. The maximum absolute atomic E-state index is 11.6. The van der Waals surface area contributed by atoms with E-state index >= 15 is 0 Å². The Morgan fingerprint density at radius 3 is 2.56 bits per heavy atom. The maximum Gasteiger partial charge on any atom is 0.251 e. The number of rotatable bonds is 5. The molecule has 0 atom stereocenters. The predicted octanol–water partition coefficient (Wildman–Crippen LogP) is 1.10. The molecular formula is C11H14N2O2S. The number of carbonyl (C=O) groups excluding carboxylic acids is 1. The summed E-state index contributed by atoms with van der Waals surface area (Å²) in [6, 6.07) is 6.89. The third kappa shape index (κ3) is 3.86. The van der Waals surface area contributed by atoms with Crippen molar-refractivity contribution in [1.29, 1.82) is 0 Å². The molecule has 0 radical (unpaired) electrons. The van der Waals surface area contributed by atoms with E-state index in [1.54, 1.807) is 24.3 Å². The Labute approximate surface area is 99.8 Å². The van der Waals surface area contributed by atoms with E-state index in [1.807, 2.05) is 6.92 Å². The molecule has 5 heteroatoms. The summed E-state index contributed by atoms with van der Waals surface area (Å²) in [4.78, 5) is 11.8. The lowest BCUT2D eigenvalue weighted by Gasteiger charge is -2.05. The topological polar surface area (TPSA) is 64.3 Å². The number of nitrogens with two attached hydrogens (primary N) is 1. The van der Waals surface area contributed by atoms with Crippen LogP contribution in [0.15, 0.2) is 24.3 Å². The molecule has 1 aromatic rings. The third-order valence-electron chi connectivity index (χ3n) is 1.85. The standard InChI is InChI=1S/C11H14N2O2S/c1-2-15-9-5-3-8(4-6-9)11(14)13-7-10(12)16/h3-6H,2,7H2,1H3,(H2,12,16)(H,13,14). The molecule has 1 amide bonds. The van der Waals surface area contributed by atoms with Crippen LogP contribution < -0.4 is 15.8 Å². The monoisotopic (exact) mass is 238 g/mol. The van der Waals surface area contributed by atoms with E-state index in [0.717, 1.165) is 5.75 Å². The molecule has 0 spiro atoms. The van der Waals surface area contributed by atoms with Gasteiger partial charge in [0, 0.05) is 5.56 Å². The fourth-order valence-corrected chi connectivity index (χ4v) is 1.21. The second-order valence-corrected chi connectivity index (χ2v) is 3.63. The highest BCUT2D eigenvalue weighted by Crippen LogP contribution is 2.11. The molecule has 3 N–H and O–H groups in total. The van der Waals surface area contributed by atoms with Gasteiger partial charge in [-0.2, -0.15) is 0 Å². The van der Waals surface area contributed by atoms with Crippen molar-refractivity contribution in [3.8, 4) is 5.75 Å². The van der Waals surface area contributed by atoms with Gasteiger partial charge in [0.15, 0.2) is 0 Å². The van der Waals surface area contributed by atoms with Crippen LogP contribution in [0.2, 0.25) is 0 Å². The molecule has 1 rings (SSSR count). The summed E-state index contributed by atoms with van der Waals surface area (Å²) in [5.41, 5.74) is 5.83. The smallest absolute Gasteiger partial charge is 0.251 e. The first-order valence-corrected chi connectivity index (χ1v) is 5.33. The SMILES string of the molecule is CCOc1ccc(C(=O)NCC(N)=S)cc1. The van der Waals surface area contributed by atoms with Crippen LogP contribution in [-0.4, -0.2) is 24.0 Å². The van der Waals surface area contributed by atoms with Gasteiger partial charge >= 0.3 is 0 Å². The van der Waals surface area contributed by atoms with Crippen LogP contribution in [0, 0.1) is 0 Å². The van der Waals surface area contributed by atoms with Gasteiger partial charge < -0.3 is 15.8 Å². The largest absolute Gasteiger partial charge is 0.494 e. The van der Waals surface area contributed by atoms with Crippen LogP contribution in [0.25, 0.3) is 0 Å². The minimum absolute atomic E-state index is 0.198. The summed E-state index contributed by atoms with van der Waals surface area (Å²) in [5.74, 6) is 0.546. The molecule has 0 fully saturated rings. The van der Waals surface area contributed by atoms with Gasteiger partial charge in [0.05, 0.1) is 18.1 Å². The van der Waals surface area contributed by atoms with Gasteiger partial charge in [-0.05, 0) is 31.2 Å². The van der Waals surface area contributed by atoms with Crippen molar-refractivity contribution in [3.63, 3.8) is 0 Å². The minimum atomic E-state index is -0.198. The van der Waals surface area contributed by atoms with Crippen molar-refractivity contribution in [2.75, 3.05) is 13.2 Å². The average molecular weight is 238 g/mol. The van der Waals surface area contributed by atoms with E-state index in [9.17, 15) is 4.79 Å². The number of amides is 1. The van der Waals surface area contributed by atoms with Gasteiger partial charge in [0.2, 0.25) is 0 Å². The third-order valence-corrected chi connectivity index (χ3v) is 2.00. The molecule has 0 aliphatic heterocycles. The summed E-state index contributed by atoms with van der Waals surface area (Å²) >= 11 is 4.66. The van der Waals surface area contributed by atoms with Gasteiger partial charge in [-0.1, -0.05) is 12.2 Å². The zero-order valence-corrected chi connectivity index (χ0v) is 9.84. The quantitative estimate of drug-likeness (QED) is 0.754. The lowest BCUT2D eigenvalue weighted by Crippen LogP contribution is -2.32. The van der Waals surface area contributed by atoms with Crippen LogP contribution in [0.5, 0.6) is 5.75 Å². The Hall–Kier alpha value is -1.62. The first-order valence-electron chi connectivity index (χ1n) is 4.93. The number of benzene rings is 1. The summed E-state index contributed by atoms with van der Waals surface area (Å²) in [7, 11) is 0. The Kier molecular flexibility index (Phi) is 4.72. The molecule has 16 heavy (non-hydrogen) atoms. The maximum atomic E-state index is 11.6. The van der Waals surface area contributed by atoms with Crippen molar-refractivity contribution in [2.45, 2.75) is 6.92 Å². The molecule has 0 bridgehead atoms. The lowest BCUT2D eigenvalue weighted by atomic mass is 10.2. The normalized spacial score (nSPS) is 9.56. The van der Waals surface area contributed by atoms with Crippen molar-refractivity contribution < 1.29 is 9.53 Å². The predicted molar refractivity (Wildman–Crippen MR) is 66.7 cm³/mol. The summed E-state index contributed by atoms with van der Waals surface area (Å²) in [6.07, 6.45) is 0. The zero-order valence-electron chi connectivity index (χ0n) is 9.03. The molecule has 0 aliphatic rings. The van der Waals surface area contributed by atoms with Crippen LogP contribution in [-0.2, 0) is 0 Å². The van der Waals surface area contributed by atoms with Crippen LogP contribution in [0.3, 0.4) is 0 Å². The number of hydrogen-bond acceptors (Lipinski definition) is 3. The van der Waals surface area contributed by atoms with E-state index in [1.165, 1.54) is 0 Å². The second-order valence-electron chi connectivity index (χ2n) is 3.11. The molecule has 0 saturated heterocycles. The zero-order chi connectivity index (χ0) is 12.0. The van der Waals surface area contributed by atoms with E-state index in [0.29, 0.717) is 12.2 Å². The Morgan fingerprint density at radius 2 is 2.06 bits per heavy atom. The minimum Gasteiger partial charge on any atom is -0.494 e. The van der Waals surface area contributed by atoms with E-state index in [4.69, 9.17) is 10.5 Å². The van der Waals surface area contributed by atoms with Crippen LogP contribution in [0.4, 0.5) is 0 Å². The fourth-order valence-electron chi connectivity index (χ4n) is 1.14. The van der Waals surface area contributed by atoms with Crippen molar-refractivity contribution in [3.05, 3.63) is 29.8 Å². The highest BCUT2D eigenvalue weighted by molar-refractivity contribution is 7.80. The highest BCUT2D eigenvalue weighted by atomic mass is 32.1. The van der Waals surface area contributed by atoms with E-state index in [-0.39, 0.29) is 17.4 Å². The first kappa shape index (κ1) is 12.4. The Bertz CT molecular complexity index is 376. The number of nitrogens with one attached hydrogen (secondary N) is 1. The van der Waals surface area contributed by atoms with E-state index < -0.39 is 0 Å². The van der Waals surface area contributed by atoms with Gasteiger partial charge in [-0.25, -0.2) is 0 Å². The van der Waals surface area contributed by atoms with Crippen molar-refractivity contribution >= 4 is 23.1 Å². The van der Waals surface area contributed by atoms with Gasteiger partial charge in [0.1, 0.15) is 5.75 Å². The summed E-state index contributed by atoms with van der Waals surface area (Å²) in [6.45, 7) is 2.72. The van der Waals surface area contributed by atoms with Crippen LogP contribution >= 0.6 is 12.2 Å². The average Bonchev–Trinajstić information content (AvgIpc) is 2.27. The lowest BCUT2D eigenvalue weighted by molar-refractivity contribution is 0.0959. The number of carbonyl (C=O) groups is 1. The first-order chi connectivity index (χ1) is 7.63. The number of ether oxygens (including phenoxy) is 1. The van der Waals surface area contributed by atoms with Crippen molar-refractivity contribution in [2.24, 2.45) is 5.73 Å². The Balaban J connectivity index is 2.59. The van der Waals surface area contributed by atoms with Gasteiger partial charge in [0.25, 0.3) is 5.91 Å². The molecule has 0 aromatic heterocycles. The highest BCUT2D eigenvalue weighted by Gasteiger charge is 2.04. The second kappa shape index (κ2) is 6.07. The number of thiocarbonyl (C=S) groups is 1. The fraction of sp³-hybridized carbons (Fsp3) is 0.273. The summed E-state index contributed by atoms with van der Waals surface area (Å²) < 4.78 is 5.27. The molecule has 1 aromatic carbocycles. The number of hydrogen-bond donors (Lipinski definition) is 2. The molecule has 86 valence electrons. The van der Waals surface area contributed by atoms with Gasteiger partial charge in [-0.15, -0.1) is 0 Å². The molecule has 4 nitrogen and oxygen atoms in total. The molecule has 0 aliphatic carbocycles. The molecular weight excluding hydrogens is 224 g/mol. The molecule has 0 unspecified atom stereocenters. The Morgan fingerprint density at radius 1 is 1.44 bits per heavy atom. The summed E-state index contributed by atoms with van der Waals surface area (Å²) in [5, 5.41) is 2.60. The van der Waals surface area contributed by atoms with Crippen molar-refractivity contribution in [1.82, 2.24) is 5.32 Å². The van der Waals surface area contributed by atoms with E-state index in [2.05, 4.69) is 17.5 Å².